The van der Waals surface area contributed by atoms with E-state index in [0.29, 0.717) is 31.2 Å². The molecule has 4 rings (SSSR count). The van der Waals surface area contributed by atoms with Crippen LogP contribution in [0.2, 0.25) is 5.02 Å². The van der Waals surface area contributed by atoms with E-state index in [-0.39, 0.29) is 36.8 Å². The van der Waals surface area contributed by atoms with Crippen molar-refractivity contribution in [1.29, 1.82) is 0 Å². The second-order valence-corrected chi connectivity index (χ2v) is 7.98. The zero-order valence-corrected chi connectivity index (χ0v) is 18.4. The number of nitrogens with one attached hydrogen (secondary N) is 1. The minimum absolute atomic E-state index is 0. The molecule has 0 aromatic heterocycles. The lowest BCUT2D eigenvalue weighted by molar-refractivity contribution is -0.133. The maximum Gasteiger partial charge on any atom is 0.328 e. The van der Waals surface area contributed by atoms with Crippen molar-refractivity contribution in [2.45, 2.75) is 19.1 Å². The lowest BCUT2D eigenvalue weighted by Gasteiger charge is -2.35. The summed E-state index contributed by atoms with van der Waals surface area (Å²) in [6, 6.07) is 16.2. The monoisotopic (exact) mass is 462 g/mol. The minimum Gasteiger partial charge on any atom is -0.350 e. The smallest absolute Gasteiger partial charge is 0.328 e. The highest BCUT2D eigenvalue weighted by atomic mass is 35.5. The summed E-state index contributed by atoms with van der Waals surface area (Å²) >= 11 is 5.86. The van der Waals surface area contributed by atoms with Gasteiger partial charge in [0.25, 0.3) is 5.91 Å². The van der Waals surface area contributed by atoms with Gasteiger partial charge in [0.1, 0.15) is 12.6 Å². The first-order chi connectivity index (χ1) is 14.5. The minimum atomic E-state index is -0.529. The predicted molar refractivity (Wildman–Crippen MR) is 120 cm³/mol. The summed E-state index contributed by atoms with van der Waals surface area (Å²) in [7, 11) is 0. The third kappa shape index (κ3) is 5.36. The number of fused-ring (bicyclic) bond motifs is 1. The molecule has 0 saturated carbocycles. The third-order valence-electron chi connectivity index (χ3n) is 5.45. The Bertz CT molecular complexity index is 940. The van der Waals surface area contributed by atoms with Gasteiger partial charge in [0.2, 0.25) is 5.91 Å². The Morgan fingerprint density at radius 1 is 1.00 bits per heavy atom. The molecule has 0 aliphatic carbocycles. The van der Waals surface area contributed by atoms with E-state index in [2.05, 4.69) is 10.2 Å². The fourth-order valence-electron chi connectivity index (χ4n) is 3.84. The largest absolute Gasteiger partial charge is 0.350 e. The van der Waals surface area contributed by atoms with Crippen molar-refractivity contribution in [1.82, 2.24) is 20.0 Å². The van der Waals surface area contributed by atoms with Crippen LogP contribution in [-0.4, -0.2) is 64.8 Å². The van der Waals surface area contributed by atoms with E-state index >= 15 is 0 Å². The number of nitrogens with zero attached hydrogens (tertiary/aromatic N) is 3. The molecular weight excluding hydrogens is 439 g/mol. The number of benzene rings is 2. The summed E-state index contributed by atoms with van der Waals surface area (Å²) in [6.07, 6.45) is 0. The molecule has 9 heteroatoms. The number of carbonyl (C=O) groups excluding carboxylic acids is 3. The molecule has 4 amide bonds. The molecule has 2 heterocycles. The van der Waals surface area contributed by atoms with Gasteiger partial charge in [-0.05, 0) is 23.3 Å². The molecule has 2 aromatic rings. The molecule has 0 bridgehead atoms. The van der Waals surface area contributed by atoms with Gasteiger partial charge in [-0.3, -0.25) is 19.4 Å². The van der Waals surface area contributed by atoms with Crippen LogP contribution in [-0.2, 0) is 22.7 Å². The zero-order valence-electron chi connectivity index (χ0n) is 16.9. The molecule has 1 unspecified atom stereocenters. The Kier molecular flexibility index (Phi) is 7.54. The Hall–Kier alpha value is -2.61. The van der Waals surface area contributed by atoms with Crippen LogP contribution >= 0.6 is 24.0 Å². The number of imide groups is 1. The summed E-state index contributed by atoms with van der Waals surface area (Å²) in [5, 5.41) is 3.37. The van der Waals surface area contributed by atoms with Gasteiger partial charge in [-0.15, -0.1) is 12.4 Å². The fourth-order valence-corrected chi connectivity index (χ4v) is 3.97. The van der Waals surface area contributed by atoms with E-state index < -0.39 is 6.04 Å². The number of rotatable bonds is 6. The van der Waals surface area contributed by atoms with Crippen LogP contribution in [0.15, 0.2) is 54.6 Å². The van der Waals surface area contributed by atoms with Crippen LogP contribution in [0.1, 0.15) is 11.1 Å². The first-order valence-electron chi connectivity index (χ1n) is 9.90. The number of hydrogen-bond acceptors (Lipinski definition) is 4. The van der Waals surface area contributed by atoms with Crippen molar-refractivity contribution < 1.29 is 14.4 Å². The van der Waals surface area contributed by atoms with Crippen molar-refractivity contribution in [3.8, 4) is 0 Å². The van der Waals surface area contributed by atoms with Crippen molar-refractivity contribution >= 4 is 41.9 Å². The highest BCUT2D eigenvalue weighted by Gasteiger charge is 2.47. The average molecular weight is 463 g/mol. The standard InChI is InChI=1S/C22H23ClN4O3.ClH/c23-18-8-6-16(7-9-18)12-24-20(28)15-27-21(29)19-14-25(10-11-26(19)22(27)30)13-17-4-2-1-3-5-17;/h1-9,19H,10-15H2,(H,24,28);1H. The van der Waals surface area contributed by atoms with Crippen LogP contribution in [0.3, 0.4) is 0 Å². The van der Waals surface area contributed by atoms with Gasteiger partial charge in [0.15, 0.2) is 0 Å². The van der Waals surface area contributed by atoms with Crippen molar-refractivity contribution in [2.24, 2.45) is 0 Å². The Morgan fingerprint density at radius 3 is 2.42 bits per heavy atom. The summed E-state index contributed by atoms with van der Waals surface area (Å²) in [6.45, 7) is 2.42. The average Bonchev–Trinajstić information content (AvgIpc) is 2.98. The van der Waals surface area contributed by atoms with Crippen LogP contribution in [0, 0.1) is 0 Å². The van der Waals surface area contributed by atoms with E-state index in [0.717, 1.165) is 17.0 Å². The van der Waals surface area contributed by atoms with Gasteiger partial charge in [0.05, 0.1) is 0 Å². The maximum absolute atomic E-state index is 12.8. The fraction of sp³-hybridized carbons (Fsp3) is 0.318. The first-order valence-corrected chi connectivity index (χ1v) is 10.3. The van der Waals surface area contributed by atoms with Crippen LogP contribution in [0.4, 0.5) is 4.79 Å². The highest BCUT2D eigenvalue weighted by Crippen LogP contribution is 2.23. The lowest BCUT2D eigenvalue weighted by Crippen LogP contribution is -2.52. The quantitative estimate of drug-likeness (QED) is 0.669. The second-order valence-electron chi connectivity index (χ2n) is 7.54. The third-order valence-corrected chi connectivity index (χ3v) is 5.70. The molecule has 7 nitrogen and oxygen atoms in total. The molecule has 2 aliphatic heterocycles. The van der Waals surface area contributed by atoms with Crippen molar-refractivity contribution in [2.75, 3.05) is 26.2 Å². The molecule has 1 N–H and O–H groups in total. The Labute approximate surface area is 192 Å². The van der Waals surface area contributed by atoms with E-state index in [1.807, 2.05) is 42.5 Å². The van der Waals surface area contributed by atoms with Crippen molar-refractivity contribution in [3.05, 3.63) is 70.7 Å². The molecule has 1 atom stereocenters. The number of halogens is 2. The first kappa shape index (κ1) is 23.1. The number of hydrogen-bond donors (Lipinski definition) is 1. The Morgan fingerprint density at radius 2 is 1.71 bits per heavy atom. The predicted octanol–water partition coefficient (Wildman–Crippen LogP) is 2.53. The molecular formula is C22H24Cl2N4O3. The number of carbonyl (C=O) groups is 3. The summed E-state index contributed by atoms with van der Waals surface area (Å²) in [5.41, 5.74) is 2.06. The number of piperazine rings is 1. The maximum atomic E-state index is 12.8. The van der Waals surface area contributed by atoms with Gasteiger partial charge in [-0.2, -0.15) is 0 Å². The topological polar surface area (TPSA) is 73.0 Å². The molecule has 2 aromatic carbocycles. The normalized spacial score (nSPS) is 18.5. The highest BCUT2D eigenvalue weighted by molar-refractivity contribution is 6.30. The molecule has 2 fully saturated rings. The lowest BCUT2D eigenvalue weighted by atomic mass is 10.1. The summed E-state index contributed by atoms with van der Waals surface area (Å²) in [5.74, 6) is -0.674. The van der Waals surface area contributed by atoms with Crippen LogP contribution in [0.25, 0.3) is 0 Å². The van der Waals surface area contributed by atoms with E-state index in [4.69, 9.17) is 11.6 Å². The van der Waals surface area contributed by atoms with Gasteiger partial charge >= 0.3 is 6.03 Å². The van der Waals surface area contributed by atoms with E-state index in [1.54, 1.807) is 17.0 Å². The van der Waals surface area contributed by atoms with Gasteiger partial charge < -0.3 is 10.2 Å². The second kappa shape index (κ2) is 10.1. The van der Waals surface area contributed by atoms with E-state index in [1.165, 1.54) is 5.56 Å². The van der Waals surface area contributed by atoms with E-state index in [9.17, 15) is 14.4 Å². The zero-order chi connectivity index (χ0) is 21.1. The molecule has 31 heavy (non-hydrogen) atoms. The molecule has 2 saturated heterocycles. The summed E-state index contributed by atoms with van der Waals surface area (Å²) < 4.78 is 0. The van der Waals surface area contributed by atoms with Crippen LogP contribution in [0.5, 0.6) is 0 Å². The summed E-state index contributed by atoms with van der Waals surface area (Å²) in [4.78, 5) is 42.7. The van der Waals surface area contributed by atoms with Gasteiger partial charge in [0, 0.05) is 37.7 Å². The molecule has 2 aliphatic rings. The molecule has 0 radical (unpaired) electrons. The van der Waals surface area contributed by atoms with Crippen molar-refractivity contribution in [3.63, 3.8) is 0 Å². The molecule has 0 spiro atoms. The SMILES string of the molecule is Cl.O=C(CN1C(=O)C2CN(Cc3ccccc3)CCN2C1=O)NCc1ccc(Cl)cc1. The number of urea groups is 1. The number of amides is 4. The van der Waals surface area contributed by atoms with Gasteiger partial charge in [-0.25, -0.2) is 4.79 Å². The van der Waals surface area contributed by atoms with Crippen LogP contribution < -0.4 is 5.32 Å². The molecule has 164 valence electrons. The van der Waals surface area contributed by atoms with Gasteiger partial charge in [-0.1, -0.05) is 54.1 Å². The Balaban J connectivity index is 0.00000272.